The summed E-state index contributed by atoms with van der Waals surface area (Å²) >= 11 is 0. The molecule has 19 heavy (non-hydrogen) atoms. The summed E-state index contributed by atoms with van der Waals surface area (Å²) in [6.45, 7) is 3.83. The van der Waals surface area contributed by atoms with Gasteiger partial charge in [0.15, 0.2) is 0 Å². The first-order chi connectivity index (χ1) is 9.22. The summed E-state index contributed by atoms with van der Waals surface area (Å²) in [7, 11) is 0. The van der Waals surface area contributed by atoms with Gasteiger partial charge in [-0.05, 0) is 50.3 Å². The van der Waals surface area contributed by atoms with Crippen LogP contribution in [-0.4, -0.2) is 13.2 Å². The van der Waals surface area contributed by atoms with Gasteiger partial charge < -0.3 is 14.9 Å². The van der Waals surface area contributed by atoms with Crippen molar-refractivity contribution in [1.29, 1.82) is 0 Å². The molecule has 1 atom stereocenters. The number of furan rings is 1. The van der Waals surface area contributed by atoms with Crippen LogP contribution < -0.4 is 5.73 Å². The molecule has 1 aromatic carbocycles. The van der Waals surface area contributed by atoms with Crippen LogP contribution in [0, 0.1) is 12.8 Å². The summed E-state index contributed by atoms with van der Waals surface area (Å²) in [4.78, 5) is 0. The van der Waals surface area contributed by atoms with E-state index in [0.717, 1.165) is 49.2 Å². The van der Waals surface area contributed by atoms with Crippen LogP contribution in [-0.2, 0) is 4.74 Å². The maximum absolute atomic E-state index is 6.29. The normalized spacial score (nSPS) is 18.8. The molecule has 3 heteroatoms. The summed E-state index contributed by atoms with van der Waals surface area (Å²) < 4.78 is 11.3. The topological polar surface area (TPSA) is 48.4 Å². The summed E-state index contributed by atoms with van der Waals surface area (Å²) in [6.07, 6.45) is 3.22. The van der Waals surface area contributed by atoms with E-state index in [1.807, 2.05) is 6.07 Å². The lowest BCUT2D eigenvalue weighted by Crippen LogP contribution is -2.21. The Hall–Kier alpha value is -1.32. The fraction of sp³-hybridized carbons (Fsp3) is 0.500. The van der Waals surface area contributed by atoms with E-state index in [0.29, 0.717) is 5.92 Å². The summed E-state index contributed by atoms with van der Waals surface area (Å²) in [5, 5.41) is 1.15. The molecule has 1 aromatic heterocycles. The first-order valence-electron chi connectivity index (χ1n) is 7.06. The highest BCUT2D eigenvalue weighted by molar-refractivity contribution is 5.78. The number of benzene rings is 1. The molecular weight excluding hydrogens is 238 g/mol. The fourth-order valence-electron chi connectivity index (χ4n) is 2.82. The lowest BCUT2D eigenvalue weighted by atomic mass is 9.92. The average Bonchev–Trinajstić information content (AvgIpc) is 2.83. The van der Waals surface area contributed by atoms with Crippen molar-refractivity contribution in [3.8, 4) is 0 Å². The van der Waals surface area contributed by atoms with E-state index in [2.05, 4.69) is 25.1 Å². The third-order valence-corrected chi connectivity index (χ3v) is 3.98. The minimum absolute atomic E-state index is 0.00388. The standard InChI is InChI=1S/C16H21NO2/c1-11-2-3-15-13(8-11)10-16(19-15)14(17)9-12-4-6-18-7-5-12/h2-3,8,10,12,14H,4-7,9,17H2,1H3. The highest BCUT2D eigenvalue weighted by atomic mass is 16.5. The van der Waals surface area contributed by atoms with Gasteiger partial charge in [0.1, 0.15) is 11.3 Å². The van der Waals surface area contributed by atoms with Crippen LogP contribution in [0.15, 0.2) is 28.7 Å². The van der Waals surface area contributed by atoms with Crippen molar-refractivity contribution >= 4 is 11.0 Å². The molecule has 2 aromatic rings. The van der Waals surface area contributed by atoms with E-state index in [1.165, 1.54) is 5.56 Å². The summed E-state index contributed by atoms with van der Waals surface area (Å²) in [5.74, 6) is 1.57. The van der Waals surface area contributed by atoms with Gasteiger partial charge >= 0.3 is 0 Å². The summed E-state index contributed by atoms with van der Waals surface area (Å²) in [5.41, 5.74) is 8.47. The maximum Gasteiger partial charge on any atom is 0.134 e. The predicted molar refractivity (Wildman–Crippen MR) is 76.0 cm³/mol. The second-order valence-corrected chi connectivity index (χ2v) is 5.59. The van der Waals surface area contributed by atoms with Crippen LogP contribution in [0.2, 0.25) is 0 Å². The Balaban J connectivity index is 1.75. The Morgan fingerprint density at radius 3 is 2.84 bits per heavy atom. The number of hydrogen-bond acceptors (Lipinski definition) is 3. The van der Waals surface area contributed by atoms with Crippen molar-refractivity contribution in [3.63, 3.8) is 0 Å². The molecule has 0 bridgehead atoms. The highest BCUT2D eigenvalue weighted by Gasteiger charge is 2.20. The van der Waals surface area contributed by atoms with E-state index in [9.17, 15) is 0 Å². The highest BCUT2D eigenvalue weighted by Crippen LogP contribution is 2.29. The molecule has 0 radical (unpaired) electrons. The SMILES string of the molecule is Cc1ccc2oc(C(N)CC3CCOCC3)cc2c1. The van der Waals surface area contributed by atoms with Crippen LogP contribution in [0.1, 0.15) is 36.6 Å². The molecule has 0 spiro atoms. The van der Waals surface area contributed by atoms with Crippen molar-refractivity contribution in [1.82, 2.24) is 0 Å². The third kappa shape index (κ3) is 2.82. The first-order valence-corrected chi connectivity index (χ1v) is 7.06. The zero-order valence-corrected chi connectivity index (χ0v) is 11.4. The smallest absolute Gasteiger partial charge is 0.134 e. The van der Waals surface area contributed by atoms with Gasteiger partial charge in [-0.15, -0.1) is 0 Å². The Bertz CT molecular complexity index is 555. The van der Waals surface area contributed by atoms with Gasteiger partial charge in [0.25, 0.3) is 0 Å². The Morgan fingerprint density at radius 1 is 1.26 bits per heavy atom. The molecule has 0 amide bonds. The molecule has 1 fully saturated rings. The zero-order chi connectivity index (χ0) is 13.2. The van der Waals surface area contributed by atoms with Gasteiger partial charge in [-0.25, -0.2) is 0 Å². The van der Waals surface area contributed by atoms with E-state index >= 15 is 0 Å². The second-order valence-electron chi connectivity index (χ2n) is 5.59. The molecule has 1 aliphatic heterocycles. The van der Waals surface area contributed by atoms with Gasteiger partial charge in [0.05, 0.1) is 6.04 Å². The van der Waals surface area contributed by atoms with E-state index < -0.39 is 0 Å². The van der Waals surface area contributed by atoms with Crippen molar-refractivity contribution in [2.24, 2.45) is 11.7 Å². The molecular formula is C16H21NO2. The minimum atomic E-state index is -0.00388. The minimum Gasteiger partial charge on any atom is -0.459 e. The Morgan fingerprint density at radius 2 is 2.05 bits per heavy atom. The van der Waals surface area contributed by atoms with Gasteiger partial charge in [-0.3, -0.25) is 0 Å². The maximum atomic E-state index is 6.29. The molecule has 2 heterocycles. The van der Waals surface area contributed by atoms with Crippen molar-refractivity contribution in [2.45, 2.75) is 32.2 Å². The van der Waals surface area contributed by atoms with Crippen molar-refractivity contribution in [2.75, 3.05) is 13.2 Å². The molecule has 1 aliphatic rings. The van der Waals surface area contributed by atoms with Crippen LogP contribution in [0.3, 0.4) is 0 Å². The van der Waals surface area contributed by atoms with Gasteiger partial charge in [0.2, 0.25) is 0 Å². The number of ether oxygens (including phenoxy) is 1. The van der Waals surface area contributed by atoms with Crippen molar-refractivity contribution in [3.05, 3.63) is 35.6 Å². The van der Waals surface area contributed by atoms with Crippen LogP contribution in [0.4, 0.5) is 0 Å². The molecule has 1 saturated heterocycles. The third-order valence-electron chi connectivity index (χ3n) is 3.98. The zero-order valence-electron chi connectivity index (χ0n) is 11.4. The molecule has 0 aliphatic carbocycles. The largest absolute Gasteiger partial charge is 0.459 e. The first kappa shape index (κ1) is 12.7. The van der Waals surface area contributed by atoms with Crippen LogP contribution >= 0.6 is 0 Å². The van der Waals surface area contributed by atoms with E-state index in [4.69, 9.17) is 14.9 Å². The number of aryl methyl sites for hydroxylation is 1. The average molecular weight is 259 g/mol. The summed E-state index contributed by atoms with van der Waals surface area (Å²) in [6, 6.07) is 8.32. The fourth-order valence-corrected chi connectivity index (χ4v) is 2.82. The van der Waals surface area contributed by atoms with E-state index in [-0.39, 0.29) is 6.04 Å². The van der Waals surface area contributed by atoms with Gasteiger partial charge in [-0.1, -0.05) is 11.6 Å². The quantitative estimate of drug-likeness (QED) is 0.916. The Kier molecular flexibility index (Phi) is 3.58. The molecule has 0 saturated carbocycles. The molecule has 3 nitrogen and oxygen atoms in total. The number of hydrogen-bond donors (Lipinski definition) is 1. The lowest BCUT2D eigenvalue weighted by molar-refractivity contribution is 0.0612. The lowest BCUT2D eigenvalue weighted by Gasteiger charge is -2.23. The number of nitrogens with two attached hydrogens (primary N) is 1. The Labute approximate surface area is 113 Å². The molecule has 102 valence electrons. The predicted octanol–water partition coefficient (Wildman–Crippen LogP) is 3.56. The van der Waals surface area contributed by atoms with Gasteiger partial charge in [-0.2, -0.15) is 0 Å². The second kappa shape index (κ2) is 5.35. The number of fused-ring (bicyclic) bond motifs is 1. The van der Waals surface area contributed by atoms with E-state index in [1.54, 1.807) is 0 Å². The molecule has 3 rings (SSSR count). The monoisotopic (exact) mass is 259 g/mol. The van der Waals surface area contributed by atoms with Crippen LogP contribution in [0.25, 0.3) is 11.0 Å². The van der Waals surface area contributed by atoms with Crippen molar-refractivity contribution < 1.29 is 9.15 Å². The molecule has 1 unspecified atom stereocenters. The molecule has 2 N–H and O–H groups in total. The number of rotatable bonds is 3. The van der Waals surface area contributed by atoms with Gasteiger partial charge in [0, 0.05) is 18.6 Å². The van der Waals surface area contributed by atoms with Crippen LogP contribution in [0.5, 0.6) is 0 Å².